The number of nitrogens with one attached hydrogen (secondary N) is 3. The van der Waals surface area contributed by atoms with Crippen LogP contribution in [0.15, 0.2) is 35.2 Å². The predicted molar refractivity (Wildman–Crippen MR) is 119 cm³/mol. The first kappa shape index (κ1) is 26.0. The number of ether oxygens (including phenoxy) is 1. The van der Waals surface area contributed by atoms with Crippen molar-refractivity contribution in [3.05, 3.63) is 30.3 Å². The molecule has 1 saturated heterocycles. The second kappa shape index (κ2) is 12.7. The van der Waals surface area contributed by atoms with Gasteiger partial charge >= 0.3 is 0 Å². The van der Waals surface area contributed by atoms with E-state index in [9.17, 15) is 22.8 Å². The Bertz CT molecular complexity index is 873. The molecule has 0 spiro atoms. The van der Waals surface area contributed by atoms with Crippen LogP contribution in [0.25, 0.3) is 0 Å². The lowest BCUT2D eigenvalue weighted by atomic mass is 10.0. The van der Waals surface area contributed by atoms with Crippen LogP contribution in [0.2, 0.25) is 0 Å². The summed E-state index contributed by atoms with van der Waals surface area (Å²) in [6.07, 6.45) is 2.81. The molecule has 2 atom stereocenters. The fraction of sp³-hybridized carbons (Fsp3) is 0.591. The van der Waals surface area contributed by atoms with E-state index in [4.69, 9.17) is 4.74 Å². The lowest BCUT2D eigenvalue weighted by Gasteiger charge is -2.24. The van der Waals surface area contributed by atoms with E-state index in [-0.39, 0.29) is 30.3 Å². The number of carbonyl (C=O) groups is 3. The summed E-state index contributed by atoms with van der Waals surface area (Å²) in [7, 11) is -3.95. The van der Waals surface area contributed by atoms with Crippen LogP contribution in [0.5, 0.6) is 0 Å². The Balaban J connectivity index is 2.16. The molecule has 1 aromatic rings. The minimum absolute atomic E-state index is 0.00265. The summed E-state index contributed by atoms with van der Waals surface area (Å²) in [5.74, 6) is -2.18. The zero-order valence-electron chi connectivity index (χ0n) is 18.6. The largest absolute Gasteiger partial charge is 0.381 e. The number of carbonyl (C=O) groups excluding carboxylic acids is 3. The molecule has 178 valence electrons. The first-order chi connectivity index (χ1) is 15.2. The van der Waals surface area contributed by atoms with Crippen molar-refractivity contribution in [2.24, 2.45) is 5.92 Å². The Labute approximate surface area is 189 Å². The summed E-state index contributed by atoms with van der Waals surface area (Å²) in [5, 5.41) is 5.16. The van der Waals surface area contributed by atoms with E-state index >= 15 is 0 Å². The van der Waals surface area contributed by atoms with Gasteiger partial charge in [0.2, 0.25) is 21.7 Å². The molecule has 32 heavy (non-hydrogen) atoms. The molecule has 1 heterocycles. The number of hydrogen-bond acceptors (Lipinski definition) is 6. The Morgan fingerprint density at radius 3 is 2.53 bits per heavy atom. The smallest absolute Gasteiger partial charge is 0.289 e. The SMILES string of the molecule is CC(C)CC(NS(=O)(=O)c1ccccc1)C(=O)NC1CCOCCCCCNC(=O)C1=O. The molecule has 0 bridgehead atoms. The molecular formula is C22H33N3O6S. The van der Waals surface area contributed by atoms with Crippen LogP contribution in [0.3, 0.4) is 0 Å². The van der Waals surface area contributed by atoms with Gasteiger partial charge in [-0.3, -0.25) is 14.4 Å². The molecule has 10 heteroatoms. The van der Waals surface area contributed by atoms with E-state index in [1.54, 1.807) is 18.2 Å². The van der Waals surface area contributed by atoms with Crippen LogP contribution in [0, 0.1) is 5.92 Å². The van der Waals surface area contributed by atoms with Crippen molar-refractivity contribution in [2.45, 2.75) is 62.9 Å². The molecule has 0 saturated carbocycles. The van der Waals surface area contributed by atoms with Crippen molar-refractivity contribution < 1.29 is 27.5 Å². The van der Waals surface area contributed by atoms with Crippen LogP contribution < -0.4 is 15.4 Å². The number of benzene rings is 1. The molecule has 2 unspecified atom stereocenters. The molecule has 2 rings (SSSR count). The highest BCUT2D eigenvalue weighted by Gasteiger charge is 2.32. The van der Waals surface area contributed by atoms with Gasteiger partial charge in [0.05, 0.1) is 10.9 Å². The van der Waals surface area contributed by atoms with Gasteiger partial charge in [0, 0.05) is 19.8 Å². The van der Waals surface area contributed by atoms with Gasteiger partial charge in [-0.1, -0.05) is 32.0 Å². The average molecular weight is 468 g/mol. The number of hydrogen-bond donors (Lipinski definition) is 3. The van der Waals surface area contributed by atoms with Crippen LogP contribution in [-0.4, -0.2) is 57.9 Å². The number of sulfonamides is 1. The van der Waals surface area contributed by atoms with E-state index in [1.165, 1.54) is 12.1 Å². The zero-order valence-corrected chi connectivity index (χ0v) is 19.4. The highest BCUT2D eigenvalue weighted by molar-refractivity contribution is 7.89. The third-order valence-corrected chi connectivity index (χ3v) is 6.52. The number of rotatable bonds is 7. The molecular weight excluding hydrogens is 434 g/mol. The summed E-state index contributed by atoms with van der Waals surface area (Å²) in [6, 6.07) is 5.55. The monoisotopic (exact) mass is 467 g/mol. The summed E-state index contributed by atoms with van der Waals surface area (Å²) >= 11 is 0. The maximum atomic E-state index is 13.0. The quantitative estimate of drug-likeness (QED) is 0.516. The van der Waals surface area contributed by atoms with Gasteiger partial charge in [-0.25, -0.2) is 8.42 Å². The molecule has 0 aromatic heterocycles. The van der Waals surface area contributed by atoms with E-state index in [1.807, 2.05) is 13.8 Å². The van der Waals surface area contributed by atoms with Crippen molar-refractivity contribution in [3.63, 3.8) is 0 Å². The number of Topliss-reactive ketones (excluding diaryl/α,β-unsaturated/α-hetero) is 1. The highest BCUT2D eigenvalue weighted by atomic mass is 32.2. The van der Waals surface area contributed by atoms with Gasteiger partial charge in [-0.2, -0.15) is 4.72 Å². The molecule has 9 nitrogen and oxygen atoms in total. The minimum Gasteiger partial charge on any atom is -0.381 e. The first-order valence-corrected chi connectivity index (χ1v) is 12.5. The average Bonchev–Trinajstić information content (AvgIpc) is 2.75. The Hall–Kier alpha value is -2.30. The lowest BCUT2D eigenvalue weighted by molar-refractivity contribution is -0.140. The van der Waals surface area contributed by atoms with E-state index in [0.717, 1.165) is 19.3 Å². The van der Waals surface area contributed by atoms with Crippen LogP contribution in [0.1, 0.15) is 46.0 Å². The minimum atomic E-state index is -3.95. The highest BCUT2D eigenvalue weighted by Crippen LogP contribution is 2.13. The van der Waals surface area contributed by atoms with Gasteiger partial charge < -0.3 is 15.4 Å². The lowest BCUT2D eigenvalue weighted by Crippen LogP contribution is -2.54. The molecule has 0 radical (unpaired) electrons. The third-order valence-electron chi connectivity index (χ3n) is 5.03. The Morgan fingerprint density at radius 1 is 1.12 bits per heavy atom. The van der Waals surface area contributed by atoms with Gasteiger partial charge in [0.15, 0.2) is 0 Å². The van der Waals surface area contributed by atoms with E-state index in [2.05, 4.69) is 15.4 Å². The van der Waals surface area contributed by atoms with Crippen LogP contribution in [-0.2, 0) is 29.1 Å². The topological polar surface area (TPSA) is 131 Å². The Morgan fingerprint density at radius 2 is 1.84 bits per heavy atom. The first-order valence-electron chi connectivity index (χ1n) is 11.0. The Kier molecular flexibility index (Phi) is 10.3. The molecule has 2 amide bonds. The molecule has 1 aliphatic rings. The van der Waals surface area contributed by atoms with Crippen molar-refractivity contribution >= 4 is 27.6 Å². The number of ketones is 1. The van der Waals surface area contributed by atoms with E-state index < -0.39 is 39.7 Å². The van der Waals surface area contributed by atoms with Crippen molar-refractivity contribution in [2.75, 3.05) is 19.8 Å². The normalized spacial score (nSPS) is 20.0. The van der Waals surface area contributed by atoms with Crippen molar-refractivity contribution in [1.29, 1.82) is 0 Å². The predicted octanol–water partition coefficient (Wildman–Crippen LogP) is 1.14. The standard InChI is InChI=1S/C22H33N3O6S/c1-16(2)15-19(25-32(29,30)17-9-5-3-6-10-17)21(27)24-18-11-14-31-13-8-4-7-12-23-22(28)20(18)26/h3,5-6,9-10,16,18-19,25H,4,7-8,11-15H2,1-2H3,(H,23,28)(H,24,27). The van der Waals surface area contributed by atoms with Gasteiger partial charge in [0.1, 0.15) is 6.04 Å². The summed E-state index contributed by atoms with van der Waals surface area (Å²) < 4.78 is 33.5. The van der Waals surface area contributed by atoms with Gasteiger partial charge in [0.25, 0.3) is 5.91 Å². The third kappa shape index (κ3) is 8.33. The van der Waals surface area contributed by atoms with Crippen molar-refractivity contribution in [1.82, 2.24) is 15.4 Å². The fourth-order valence-electron chi connectivity index (χ4n) is 3.33. The zero-order chi connectivity index (χ0) is 23.6. The second-order valence-electron chi connectivity index (χ2n) is 8.26. The summed E-state index contributed by atoms with van der Waals surface area (Å²) in [4.78, 5) is 37.9. The molecule has 1 aromatic carbocycles. The van der Waals surface area contributed by atoms with Gasteiger partial charge in [-0.15, -0.1) is 0 Å². The summed E-state index contributed by atoms with van der Waals surface area (Å²) in [6.45, 7) is 4.83. The fourth-order valence-corrected chi connectivity index (χ4v) is 4.56. The molecule has 3 N–H and O–H groups in total. The number of amides is 2. The molecule has 1 fully saturated rings. The molecule has 0 aliphatic carbocycles. The van der Waals surface area contributed by atoms with Crippen LogP contribution in [0.4, 0.5) is 0 Å². The van der Waals surface area contributed by atoms with E-state index in [0.29, 0.717) is 13.2 Å². The molecule has 1 aliphatic heterocycles. The summed E-state index contributed by atoms with van der Waals surface area (Å²) in [5.41, 5.74) is 0. The maximum Gasteiger partial charge on any atom is 0.289 e. The second-order valence-corrected chi connectivity index (χ2v) is 9.97. The van der Waals surface area contributed by atoms with Crippen LogP contribution >= 0.6 is 0 Å². The van der Waals surface area contributed by atoms with Crippen molar-refractivity contribution in [3.8, 4) is 0 Å². The van der Waals surface area contributed by atoms with Gasteiger partial charge in [-0.05, 0) is 50.2 Å². The maximum absolute atomic E-state index is 13.0.